The third kappa shape index (κ3) is 2.05. The van der Waals surface area contributed by atoms with Gasteiger partial charge < -0.3 is 15.6 Å². The monoisotopic (exact) mass is 173 g/mol. The number of nitrogens with two attached hydrogens (primary N) is 1. The molecule has 0 aliphatic rings. The molecule has 0 aromatic carbocycles. The highest BCUT2D eigenvalue weighted by molar-refractivity contribution is 5.51. The molecule has 3 N–H and O–H groups in total. The lowest BCUT2D eigenvalue weighted by atomic mass is 9.71. The molecule has 0 fully saturated rings. The number of rotatable bonds is 5. The van der Waals surface area contributed by atoms with Gasteiger partial charge in [-0.1, -0.05) is 13.8 Å². The normalized spacial score (nSPS) is 21.1. The Hall–Kier alpha value is -0.410. The van der Waals surface area contributed by atoms with Crippen molar-refractivity contribution in [3.05, 3.63) is 0 Å². The average Bonchev–Trinajstić information content (AvgIpc) is 2.02. The maximum absolute atomic E-state index is 10.3. The molecule has 0 radical (unpaired) electrons. The second-order valence-electron chi connectivity index (χ2n) is 3.76. The highest BCUT2D eigenvalue weighted by Gasteiger charge is 2.40. The van der Waals surface area contributed by atoms with Gasteiger partial charge in [0.2, 0.25) is 0 Å². The van der Waals surface area contributed by atoms with Crippen molar-refractivity contribution in [2.45, 2.75) is 39.2 Å². The quantitative estimate of drug-likeness (QED) is 0.601. The minimum atomic E-state index is -0.988. The third-order valence-corrected chi connectivity index (χ3v) is 3.01. The predicted molar refractivity (Wildman–Crippen MR) is 48.8 cm³/mol. The van der Waals surface area contributed by atoms with Crippen LogP contribution < -0.4 is 5.73 Å². The van der Waals surface area contributed by atoms with Gasteiger partial charge in [0.05, 0.1) is 5.60 Å². The van der Waals surface area contributed by atoms with E-state index in [0.717, 1.165) is 12.7 Å². The Balaban J connectivity index is 4.56. The minimum absolute atomic E-state index is 0.147. The maximum atomic E-state index is 10.3. The van der Waals surface area contributed by atoms with Crippen LogP contribution in [-0.2, 0) is 4.79 Å². The SMILES string of the molecule is CCC(C)(CN)C(C)(O)CC=O. The van der Waals surface area contributed by atoms with Crippen LogP contribution in [0.1, 0.15) is 33.6 Å². The zero-order valence-corrected chi connectivity index (χ0v) is 8.13. The Morgan fingerprint density at radius 1 is 1.50 bits per heavy atom. The lowest BCUT2D eigenvalue weighted by Crippen LogP contribution is -2.48. The van der Waals surface area contributed by atoms with E-state index in [-0.39, 0.29) is 11.8 Å². The van der Waals surface area contributed by atoms with Crippen molar-refractivity contribution >= 4 is 6.29 Å². The van der Waals surface area contributed by atoms with Crippen molar-refractivity contribution in [3.63, 3.8) is 0 Å². The van der Waals surface area contributed by atoms with E-state index in [4.69, 9.17) is 5.73 Å². The van der Waals surface area contributed by atoms with Crippen LogP contribution in [0, 0.1) is 5.41 Å². The summed E-state index contributed by atoms with van der Waals surface area (Å²) in [6.45, 7) is 5.92. The Morgan fingerprint density at radius 2 is 2.00 bits per heavy atom. The molecule has 0 bridgehead atoms. The Bertz CT molecular complexity index is 151. The predicted octanol–water partition coefficient (Wildman–Crippen LogP) is 0.701. The van der Waals surface area contributed by atoms with E-state index in [1.807, 2.05) is 13.8 Å². The smallest absolute Gasteiger partial charge is 0.122 e. The van der Waals surface area contributed by atoms with Gasteiger partial charge in [0.15, 0.2) is 0 Å². The van der Waals surface area contributed by atoms with Gasteiger partial charge in [-0.15, -0.1) is 0 Å². The van der Waals surface area contributed by atoms with E-state index in [1.54, 1.807) is 6.92 Å². The summed E-state index contributed by atoms with van der Waals surface area (Å²) in [5, 5.41) is 9.92. The van der Waals surface area contributed by atoms with Crippen LogP contribution in [0.5, 0.6) is 0 Å². The first-order chi connectivity index (χ1) is 5.43. The van der Waals surface area contributed by atoms with E-state index < -0.39 is 5.60 Å². The maximum Gasteiger partial charge on any atom is 0.122 e. The molecule has 3 nitrogen and oxygen atoms in total. The Kier molecular flexibility index (Phi) is 3.87. The van der Waals surface area contributed by atoms with E-state index in [1.165, 1.54) is 0 Å². The van der Waals surface area contributed by atoms with Crippen molar-refractivity contribution < 1.29 is 9.90 Å². The first-order valence-corrected chi connectivity index (χ1v) is 4.29. The van der Waals surface area contributed by atoms with E-state index >= 15 is 0 Å². The minimum Gasteiger partial charge on any atom is -0.389 e. The summed E-state index contributed by atoms with van der Waals surface area (Å²) in [4.78, 5) is 10.3. The Labute approximate surface area is 74.0 Å². The molecule has 72 valence electrons. The second kappa shape index (κ2) is 4.01. The molecular weight excluding hydrogens is 154 g/mol. The summed E-state index contributed by atoms with van der Waals surface area (Å²) < 4.78 is 0. The van der Waals surface area contributed by atoms with Gasteiger partial charge in [-0.2, -0.15) is 0 Å². The highest BCUT2D eigenvalue weighted by atomic mass is 16.3. The summed E-state index contributed by atoms with van der Waals surface area (Å²) in [6, 6.07) is 0. The van der Waals surface area contributed by atoms with Gasteiger partial charge in [-0.05, 0) is 13.3 Å². The number of hydrogen-bond donors (Lipinski definition) is 2. The molecule has 3 heteroatoms. The standard InChI is InChI=1S/C9H19NO2/c1-4-8(2,7-10)9(3,12)5-6-11/h6,12H,4-5,7,10H2,1-3H3. The topological polar surface area (TPSA) is 63.3 Å². The van der Waals surface area contributed by atoms with Crippen molar-refractivity contribution in [1.82, 2.24) is 0 Å². The zero-order valence-electron chi connectivity index (χ0n) is 8.13. The van der Waals surface area contributed by atoms with E-state index in [9.17, 15) is 9.90 Å². The molecule has 2 unspecified atom stereocenters. The second-order valence-corrected chi connectivity index (χ2v) is 3.76. The fourth-order valence-electron chi connectivity index (χ4n) is 1.15. The molecule has 0 aliphatic carbocycles. The molecule has 12 heavy (non-hydrogen) atoms. The highest BCUT2D eigenvalue weighted by Crippen LogP contribution is 2.35. The first-order valence-electron chi connectivity index (χ1n) is 4.29. The number of carbonyl (C=O) groups excluding carboxylic acids is 1. The van der Waals surface area contributed by atoms with Crippen LogP contribution in [0.25, 0.3) is 0 Å². The molecule has 0 saturated carbocycles. The molecular formula is C9H19NO2. The molecule has 0 heterocycles. The van der Waals surface area contributed by atoms with Crippen molar-refractivity contribution in [2.75, 3.05) is 6.54 Å². The van der Waals surface area contributed by atoms with Gasteiger partial charge in [0.25, 0.3) is 0 Å². The number of aliphatic hydroxyl groups is 1. The van der Waals surface area contributed by atoms with Crippen LogP contribution in [0.3, 0.4) is 0 Å². The molecule has 0 aromatic rings. The van der Waals surface area contributed by atoms with Crippen molar-refractivity contribution in [3.8, 4) is 0 Å². The van der Waals surface area contributed by atoms with Crippen LogP contribution in [0.4, 0.5) is 0 Å². The summed E-state index contributed by atoms with van der Waals surface area (Å²) in [7, 11) is 0. The van der Waals surface area contributed by atoms with Gasteiger partial charge in [-0.3, -0.25) is 0 Å². The van der Waals surface area contributed by atoms with Gasteiger partial charge >= 0.3 is 0 Å². The van der Waals surface area contributed by atoms with E-state index in [2.05, 4.69) is 0 Å². The number of hydrogen-bond acceptors (Lipinski definition) is 3. The first kappa shape index (κ1) is 11.6. The molecule has 2 atom stereocenters. The largest absolute Gasteiger partial charge is 0.389 e. The summed E-state index contributed by atoms with van der Waals surface area (Å²) in [5.41, 5.74) is 4.20. The van der Waals surface area contributed by atoms with Crippen LogP contribution in [-0.4, -0.2) is 23.5 Å². The molecule has 0 spiro atoms. The molecule has 0 amide bonds. The van der Waals surface area contributed by atoms with Gasteiger partial charge in [0.1, 0.15) is 6.29 Å². The Morgan fingerprint density at radius 3 is 2.25 bits per heavy atom. The van der Waals surface area contributed by atoms with Crippen molar-refractivity contribution in [1.29, 1.82) is 0 Å². The molecule has 0 saturated heterocycles. The van der Waals surface area contributed by atoms with Gasteiger partial charge in [0, 0.05) is 18.4 Å². The number of aldehydes is 1. The van der Waals surface area contributed by atoms with Gasteiger partial charge in [-0.25, -0.2) is 0 Å². The fraction of sp³-hybridized carbons (Fsp3) is 0.889. The molecule has 0 aliphatic heterocycles. The fourth-order valence-corrected chi connectivity index (χ4v) is 1.15. The molecule has 0 aromatic heterocycles. The molecule has 0 rings (SSSR count). The van der Waals surface area contributed by atoms with Crippen LogP contribution in [0.2, 0.25) is 0 Å². The zero-order chi connectivity index (χ0) is 9.83. The van der Waals surface area contributed by atoms with E-state index in [0.29, 0.717) is 6.54 Å². The third-order valence-electron chi connectivity index (χ3n) is 3.01. The van der Waals surface area contributed by atoms with Crippen LogP contribution in [0.15, 0.2) is 0 Å². The van der Waals surface area contributed by atoms with Crippen molar-refractivity contribution in [2.24, 2.45) is 11.1 Å². The number of carbonyl (C=O) groups is 1. The average molecular weight is 173 g/mol. The summed E-state index contributed by atoms with van der Waals surface area (Å²) in [6.07, 6.45) is 1.66. The summed E-state index contributed by atoms with van der Waals surface area (Å²) >= 11 is 0. The lowest BCUT2D eigenvalue weighted by Gasteiger charge is -2.40. The summed E-state index contributed by atoms with van der Waals surface area (Å²) in [5.74, 6) is 0. The van der Waals surface area contributed by atoms with Crippen LogP contribution >= 0.6 is 0 Å². The lowest BCUT2D eigenvalue weighted by molar-refractivity contribution is -0.118.